The molecule has 0 amide bonds. The molecule has 1 aromatic carbocycles. The van der Waals surface area contributed by atoms with Crippen LogP contribution < -0.4 is 15.8 Å². The molecule has 3 N–H and O–H groups in total. The highest BCUT2D eigenvalue weighted by molar-refractivity contribution is 7.80. The summed E-state index contributed by atoms with van der Waals surface area (Å²) in [5.74, 6) is 1.23. The monoisotopic (exact) mass is 321 g/mol. The van der Waals surface area contributed by atoms with Gasteiger partial charge in [-0.3, -0.25) is 0 Å². The van der Waals surface area contributed by atoms with Crippen molar-refractivity contribution < 1.29 is 4.74 Å². The molecule has 0 aliphatic carbocycles. The molecule has 1 aromatic heterocycles. The Hall–Kier alpha value is -1.85. The third-order valence-electron chi connectivity index (χ3n) is 3.03. The van der Waals surface area contributed by atoms with Crippen LogP contribution in [0.1, 0.15) is 16.8 Å². The van der Waals surface area contributed by atoms with Gasteiger partial charge in [0, 0.05) is 16.8 Å². The molecule has 0 unspecified atom stereocenters. The third kappa shape index (κ3) is 3.43. The van der Waals surface area contributed by atoms with Gasteiger partial charge in [0.05, 0.1) is 18.4 Å². The highest BCUT2D eigenvalue weighted by atomic mass is 35.5. The molecule has 0 atom stereocenters. The Morgan fingerprint density at radius 2 is 2.05 bits per heavy atom. The maximum atomic E-state index is 6.11. The van der Waals surface area contributed by atoms with Crippen molar-refractivity contribution >= 4 is 40.3 Å². The van der Waals surface area contributed by atoms with Gasteiger partial charge in [0.1, 0.15) is 16.6 Å². The quantitative estimate of drug-likeness (QED) is 0.840. The fourth-order valence-electron chi connectivity index (χ4n) is 1.91. The SMILES string of the molecule is COc1cc(Cl)c(C)cc1Nc1nc(C)ccc1C(N)=S. The minimum absolute atomic E-state index is 0.287. The summed E-state index contributed by atoms with van der Waals surface area (Å²) in [7, 11) is 1.59. The van der Waals surface area contributed by atoms with Crippen LogP contribution in [0.2, 0.25) is 5.02 Å². The van der Waals surface area contributed by atoms with E-state index in [1.54, 1.807) is 13.2 Å². The number of nitrogens with two attached hydrogens (primary N) is 1. The molecule has 6 heteroatoms. The van der Waals surface area contributed by atoms with Crippen LogP contribution in [0.3, 0.4) is 0 Å². The predicted molar refractivity (Wildman–Crippen MR) is 90.9 cm³/mol. The van der Waals surface area contributed by atoms with E-state index in [0.717, 1.165) is 16.9 Å². The average Bonchev–Trinajstić information content (AvgIpc) is 2.42. The molecule has 0 fully saturated rings. The Morgan fingerprint density at radius 1 is 1.33 bits per heavy atom. The second-order valence-electron chi connectivity index (χ2n) is 4.64. The number of hydrogen-bond acceptors (Lipinski definition) is 4. The molecule has 21 heavy (non-hydrogen) atoms. The summed E-state index contributed by atoms with van der Waals surface area (Å²) in [6.45, 7) is 3.82. The third-order valence-corrected chi connectivity index (χ3v) is 3.66. The first-order valence-corrected chi connectivity index (χ1v) is 7.09. The molecule has 1 heterocycles. The average molecular weight is 322 g/mol. The highest BCUT2D eigenvalue weighted by Crippen LogP contribution is 2.33. The molecule has 4 nitrogen and oxygen atoms in total. The smallest absolute Gasteiger partial charge is 0.143 e. The van der Waals surface area contributed by atoms with Gasteiger partial charge in [-0.1, -0.05) is 23.8 Å². The van der Waals surface area contributed by atoms with Crippen molar-refractivity contribution in [3.8, 4) is 5.75 Å². The van der Waals surface area contributed by atoms with Gasteiger partial charge in [-0.25, -0.2) is 4.98 Å². The van der Waals surface area contributed by atoms with E-state index in [0.29, 0.717) is 22.2 Å². The van der Waals surface area contributed by atoms with Crippen LogP contribution in [0, 0.1) is 13.8 Å². The van der Waals surface area contributed by atoms with Crippen LogP contribution >= 0.6 is 23.8 Å². The zero-order valence-corrected chi connectivity index (χ0v) is 13.6. The molecule has 0 bridgehead atoms. The van der Waals surface area contributed by atoms with Gasteiger partial charge in [0.15, 0.2) is 0 Å². The molecule has 0 saturated carbocycles. The largest absolute Gasteiger partial charge is 0.495 e. The van der Waals surface area contributed by atoms with E-state index in [4.69, 9.17) is 34.3 Å². The van der Waals surface area contributed by atoms with Gasteiger partial charge in [0.25, 0.3) is 0 Å². The van der Waals surface area contributed by atoms with Crippen molar-refractivity contribution in [1.29, 1.82) is 0 Å². The molecule has 0 saturated heterocycles. The van der Waals surface area contributed by atoms with Gasteiger partial charge in [-0.05, 0) is 37.6 Å². The zero-order valence-electron chi connectivity index (χ0n) is 12.0. The van der Waals surface area contributed by atoms with E-state index in [1.807, 2.05) is 32.0 Å². The molecule has 0 aliphatic heterocycles. The lowest BCUT2D eigenvalue weighted by Crippen LogP contribution is -2.13. The van der Waals surface area contributed by atoms with Crippen molar-refractivity contribution in [2.24, 2.45) is 5.73 Å². The second kappa shape index (κ2) is 6.28. The molecule has 2 rings (SSSR count). The van der Waals surface area contributed by atoms with Crippen molar-refractivity contribution in [1.82, 2.24) is 4.98 Å². The van der Waals surface area contributed by atoms with Gasteiger partial charge in [0.2, 0.25) is 0 Å². The fourth-order valence-corrected chi connectivity index (χ4v) is 2.23. The van der Waals surface area contributed by atoms with Crippen LogP contribution in [0.4, 0.5) is 11.5 Å². The molecule has 2 aromatic rings. The van der Waals surface area contributed by atoms with E-state index >= 15 is 0 Å². The van der Waals surface area contributed by atoms with Gasteiger partial charge in [-0.15, -0.1) is 0 Å². The molecular formula is C15H16ClN3OS. The summed E-state index contributed by atoms with van der Waals surface area (Å²) in [5.41, 5.74) is 8.98. The topological polar surface area (TPSA) is 60.2 Å². The number of ether oxygens (including phenoxy) is 1. The Bertz CT molecular complexity index is 704. The van der Waals surface area contributed by atoms with Crippen molar-refractivity contribution in [2.75, 3.05) is 12.4 Å². The lowest BCUT2D eigenvalue weighted by Gasteiger charge is -2.15. The van der Waals surface area contributed by atoms with E-state index in [2.05, 4.69) is 10.3 Å². The summed E-state index contributed by atoms with van der Waals surface area (Å²) < 4.78 is 5.35. The zero-order chi connectivity index (χ0) is 15.6. The van der Waals surface area contributed by atoms with E-state index in [9.17, 15) is 0 Å². The summed E-state index contributed by atoms with van der Waals surface area (Å²) in [6, 6.07) is 7.37. The molecule has 0 radical (unpaired) electrons. The summed E-state index contributed by atoms with van der Waals surface area (Å²) in [4.78, 5) is 4.74. The normalized spacial score (nSPS) is 10.3. The molecule has 0 aliphatic rings. The van der Waals surface area contributed by atoms with Crippen LogP contribution in [0.5, 0.6) is 5.75 Å². The second-order valence-corrected chi connectivity index (χ2v) is 5.49. The van der Waals surface area contributed by atoms with Crippen molar-refractivity contribution in [3.05, 3.63) is 46.1 Å². The molecule has 0 spiro atoms. The van der Waals surface area contributed by atoms with E-state index in [-0.39, 0.29) is 4.99 Å². The summed E-state index contributed by atoms with van der Waals surface area (Å²) in [5, 5.41) is 3.86. The van der Waals surface area contributed by atoms with Crippen molar-refractivity contribution in [3.63, 3.8) is 0 Å². The minimum atomic E-state index is 0.287. The number of halogens is 1. The van der Waals surface area contributed by atoms with Crippen LogP contribution in [0.25, 0.3) is 0 Å². The number of anilines is 2. The molecular weight excluding hydrogens is 306 g/mol. The maximum absolute atomic E-state index is 6.11. The standard InChI is InChI=1S/C15H16ClN3OS/c1-8-6-12(13(20-3)7-11(8)16)19-15-10(14(17)21)5-4-9(2)18-15/h4-7H,1-3H3,(H2,17,21)(H,18,19). The summed E-state index contributed by atoms with van der Waals surface area (Å²) >= 11 is 11.2. The van der Waals surface area contributed by atoms with Crippen molar-refractivity contribution in [2.45, 2.75) is 13.8 Å². The summed E-state index contributed by atoms with van der Waals surface area (Å²) in [6.07, 6.45) is 0. The van der Waals surface area contributed by atoms with Crippen LogP contribution in [-0.4, -0.2) is 17.1 Å². The lowest BCUT2D eigenvalue weighted by atomic mass is 10.2. The number of benzene rings is 1. The van der Waals surface area contributed by atoms with Crippen LogP contribution in [0.15, 0.2) is 24.3 Å². The Balaban J connectivity index is 2.49. The number of rotatable bonds is 4. The van der Waals surface area contributed by atoms with E-state index < -0.39 is 0 Å². The van der Waals surface area contributed by atoms with Gasteiger partial charge >= 0.3 is 0 Å². The Morgan fingerprint density at radius 3 is 2.67 bits per heavy atom. The van der Waals surface area contributed by atoms with Gasteiger partial charge < -0.3 is 15.8 Å². The number of nitrogens with one attached hydrogen (secondary N) is 1. The highest BCUT2D eigenvalue weighted by Gasteiger charge is 2.12. The predicted octanol–water partition coefficient (Wildman–Crippen LogP) is 3.74. The molecule has 110 valence electrons. The first-order valence-electron chi connectivity index (χ1n) is 6.31. The lowest BCUT2D eigenvalue weighted by molar-refractivity contribution is 0.416. The van der Waals surface area contributed by atoms with E-state index in [1.165, 1.54) is 0 Å². The number of thiocarbonyl (C=S) groups is 1. The first-order chi connectivity index (χ1) is 9.92. The first kappa shape index (κ1) is 15.5. The number of methoxy groups -OCH3 is 1. The number of aryl methyl sites for hydroxylation is 2. The number of hydrogen-bond donors (Lipinski definition) is 2. The number of nitrogens with zero attached hydrogens (tertiary/aromatic N) is 1. The maximum Gasteiger partial charge on any atom is 0.143 e. The van der Waals surface area contributed by atoms with Crippen LogP contribution in [-0.2, 0) is 0 Å². The van der Waals surface area contributed by atoms with Gasteiger partial charge in [-0.2, -0.15) is 0 Å². The Labute approximate surface area is 134 Å². The fraction of sp³-hybridized carbons (Fsp3) is 0.200. The minimum Gasteiger partial charge on any atom is -0.495 e. The number of aromatic nitrogens is 1. The number of pyridine rings is 1. The Kier molecular flexibility index (Phi) is 4.65.